The maximum Gasteiger partial charge on any atom is 0.248 e. The summed E-state index contributed by atoms with van der Waals surface area (Å²) in [4.78, 5) is 15.3. The van der Waals surface area contributed by atoms with Crippen LogP contribution in [0.25, 0.3) is 0 Å². The minimum Gasteiger partial charge on any atom is -0.366 e. The highest BCUT2D eigenvalue weighted by molar-refractivity contribution is 14.0. The second kappa shape index (κ2) is 11.3. The van der Waals surface area contributed by atoms with Crippen LogP contribution in [-0.4, -0.2) is 25.0 Å². The molecule has 1 atom stereocenters. The van der Waals surface area contributed by atoms with E-state index in [1.165, 1.54) is 6.42 Å². The molecule has 0 aromatic heterocycles. The molecule has 0 saturated heterocycles. The number of hydrogen-bond donors (Lipinski definition) is 3. The molecule has 0 heterocycles. The van der Waals surface area contributed by atoms with Crippen molar-refractivity contribution < 1.29 is 4.79 Å². The number of nitrogens with zero attached hydrogens (tertiary/aromatic N) is 1. The molecule has 0 bridgehead atoms. The van der Waals surface area contributed by atoms with Crippen molar-refractivity contribution in [3.05, 3.63) is 35.4 Å². The Morgan fingerprint density at radius 3 is 2.26 bits per heavy atom. The van der Waals surface area contributed by atoms with Gasteiger partial charge in [0.05, 0.1) is 0 Å². The van der Waals surface area contributed by atoms with Crippen LogP contribution in [0, 0.1) is 5.92 Å². The third kappa shape index (κ3) is 8.78. The monoisotopic (exact) mass is 432 g/mol. The Balaban J connectivity index is 0.00000484. The van der Waals surface area contributed by atoms with Gasteiger partial charge in [0.15, 0.2) is 5.96 Å². The van der Waals surface area contributed by atoms with Gasteiger partial charge in [-0.2, -0.15) is 0 Å². The molecule has 1 amide bonds. The van der Waals surface area contributed by atoms with Crippen LogP contribution in [0.15, 0.2) is 29.3 Å². The zero-order valence-corrected chi connectivity index (χ0v) is 16.8. The summed E-state index contributed by atoms with van der Waals surface area (Å²) in [5, 5.41) is 6.66. The zero-order valence-electron chi connectivity index (χ0n) is 14.4. The minimum absolute atomic E-state index is 0. The first-order valence-corrected chi connectivity index (χ1v) is 7.78. The lowest BCUT2D eigenvalue weighted by Crippen LogP contribution is -2.41. The van der Waals surface area contributed by atoms with Crippen molar-refractivity contribution in [2.24, 2.45) is 16.6 Å². The molecule has 0 radical (unpaired) electrons. The van der Waals surface area contributed by atoms with Crippen LogP contribution in [0.2, 0.25) is 0 Å². The molecule has 4 N–H and O–H groups in total. The predicted molar refractivity (Wildman–Crippen MR) is 107 cm³/mol. The summed E-state index contributed by atoms with van der Waals surface area (Å²) in [5.41, 5.74) is 6.82. The quantitative estimate of drug-likeness (QED) is 0.352. The van der Waals surface area contributed by atoms with E-state index in [0.29, 0.717) is 24.1 Å². The van der Waals surface area contributed by atoms with E-state index in [1.807, 2.05) is 12.1 Å². The van der Waals surface area contributed by atoms with Gasteiger partial charge in [0, 0.05) is 25.2 Å². The minimum atomic E-state index is -0.407. The first-order chi connectivity index (χ1) is 10.4. The highest BCUT2D eigenvalue weighted by Gasteiger charge is 2.06. The summed E-state index contributed by atoms with van der Waals surface area (Å²) in [6.45, 7) is 7.28. The summed E-state index contributed by atoms with van der Waals surface area (Å²) in [6, 6.07) is 7.64. The van der Waals surface area contributed by atoms with Crippen molar-refractivity contribution >= 4 is 35.8 Å². The lowest BCUT2D eigenvalue weighted by Gasteiger charge is -2.18. The fraction of sp³-hybridized carbons (Fsp3) is 0.529. The smallest absolute Gasteiger partial charge is 0.248 e. The average molecular weight is 432 g/mol. The number of nitrogens with two attached hydrogens (primary N) is 1. The molecule has 0 spiro atoms. The van der Waals surface area contributed by atoms with Crippen molar-refractivity contribution in [2.75, 3.05) is 7.05 Å². The van der Waals surface area contributed by atoms with Gasteiger partial charge in [0.1, 0.15) is 0 Å². The molecular formula is C17H29IN4O. The standard InChI is InChI=1S/C17H28N4O.HI/c1-12(2)5-6-13(3)21-17(19-4)20-11-14-7-9-15(10-8-14)16(18)22;/h7-10,12-13H,5-6,11H2,1-4H3,(H2,18,22)(H2,19,20,21);1H. The highest BCUT2D eigenvalue weighted by atomic mass is 127. The third-order valence-electron chi connectivity index (χ3n) is 3.48. The first-order valence-electron chi connectivity index (χ1n) is 7.78. The second-order valence-corrected chi connectivity index (χ2v) is 6.00. The predicted octanol–water partition coefficient (Wildman–Crippen LogP) is 2.89. The fourth-order valence-corrected chi connectivity index (χ4v) is 2.06. The fourth-order valence-electron chi connectivity index (χ4n) is 2.06. The SMILES string of the molecule is CN=C(NCc1ccc(C(N)=O)cc1)NC(C)CCC(C)C.I. The molecule has 1 rings (SSSR count). The Morgan fingerprint density at radius 2 is 1.78 bits per heavy atom. The summed E-state index contributed by atoms with van der Waals surface area (Å²) >= 11 is 0. The van der Waals surface area contributed by atoms with Crippen molar-refractivity contribution in [3.8, 4) is 0 Å². The number of rotatable bonds is 7. The molecular weight excluding hydrogens is 403 g/mol. The number of carbonyl (C=O) groups is 1. The van der Waals surface area contributed by atoms with Gasteiger partial charge in [-0.25, -0.2) is 0 Å². The molecule has 0 fully saturated rings. The van der Waals surface area contributed by atoms with Gasteiger partial charge < -0.3 is 16.4 Å². The molecule has 1 aromatic carbocycles. The molecule has 5 nitrogen and oxygen atoms in total. The van der Waals surface area contributed by atoms with Crippen LogP contribution >= 0.6 is 24.0 Å². The normalized spacial score (nSPS) is 12.5. The number of amides is 1. The number of hydrogen-bond acceptors (Lipinski definition) is 2. The van der Waals surface area contributed by atoms with Crippen LogP contribution in [0.4, 0.5) is 0 Å². The van der Waals surface area contributed by atoms with Crippen LogP contribution in [0.3, 0.4) is 0 Å². The molecule has 0 aliphatic heterocycles. The molecule has 0 aliphatic rings. The molecule has 0 aliphatic carbocycles. The molecule has 23 heavy (non-hydrogen) atoms. The number of primary amides is 1. The first kappa shape index (κ1) is 21.7. The average Bonchev–Trinajstić information content (AvgIpc) is 2.49. The Kier molecular flexibility index (Phi) is 10.6. The summed E-state index contributed by atoms with van der Waals surface area (Å²) in [7, 11) is 1.76. The van der Waals surface area contributed by atoms with E-state index in [4.69, 9.17) is 5.73 Å². The zero-order chi connectivity index (χ0) is 16.5. The van der Waals surface area contributed by atoms with E-state index in [9.17, 15) is 4.79 Å². The molecule has 1 unspecified atom stereocenters. The van der Waals surface area contributed by atoms with Crippen LogP contribution in [0.1, 0.15) is 49.5 Å². The Bertz CT molecular complexity index is 500. The largest absolute Gasteiger partial charge is 0.366 e. The van der Waals surface area contributed by atoms with Gasteiger partial charge in [-0.15, -0.1) is 24.0 Å². The van der Waals surface area contributed by atoms with E-state index in [-0.39, 0.29) is 24.0 Å². The maximum absolute atomic E-state index is 11.0. The summed E-state index contributed by atoms with van der Waals surface area (Å²) in [5.74, 6) is 1.09. The van der Waals surface area contributed by atoms with Crippen molar-refractivity contribution in [3.63, 3.8) is 0 Å². The van der Waals surface area contributed by atoms with E-state index in [0.717, 1.165) is 17.9 Å². The van der Waals surface area contributed by atoms with E-state index >= 15 is 0 Å². The third-order valence-corrected chi connectivity index (χ3v) is 3.48. The second-order valence-electron chi connectivity index (χ2n) is 6.00. The van der Waals surface area contributed by atoms with Crippen molar-refractivity contribution in [2.45, 2.75) is 46.2 Å². The number of carbonyl (C=O) groups excluding carboxylic acids is 1. The van der Waals surface area contributed by atoms with Gasteiger partial charge in [-0.3, -0.25) is 9.79 Å². The van der Waals surface area contributed by atoms with Gasteiger partial charge in [0.25, 0.3) is 0 Å². The number of nitrogens with one attached hydrogen (secondary N) is 2. The molecule has 6 heteroatoms. The molecule has 1 aromatic rings. The Morgan fingerprint density at radius 1 is 1.17 bits per heavy atom. The molecule has 130 valence electrons. The van der Waals surface area contributed by atoms with E-state index < -0.39 is 5.91 Å². The summed E-state index contributed by atoms with van der Waals surface area (Å²) in [6.07, 6.45) is 2.31. The van der Waals surface area contributed by atoms with E-state index in [1.54, 1.807) is 19.2 Å². The lowest BCUT2D eigenvalue weighted by atomic mass is 10.0. The number of benzene rings is 1. The molecule has 0 saturated carbocycles. The summed E-state index contributed by atoms with van der Waals surface area (Å²) < 4.78 is 0. The van der Waals surface area contributed by atoms with Crippen molar-refractivity contribution in [1.29, 1.82) is 0 Å². The van der Waals surface area contributed by atoms with Gasteiger partial charge >= 0.3 is 0 Å². The highest BCUT2D eigenvalue weighted by Crippen LogP contribution is 2.06. The number of guanidine groups is 1. The number of halogens is 1. The Labute approximate surface area is 156 Å². The van der Waals surface area contributed by atoms with Gasteiger partial charge in [-0.1, -0.05) is 26.0 Å². The van der Waals surface area contributed by atoms with Crippen molar-refractivity contribution in [1.82, 2.24) is 10.6 Å². The van der Waals surface area contributed by atoms with Crippen LogP contribution in [0.5, 0.6) is 0 Å². The van der Waals surface area contributed by atoms with Crippen LogP contribution in [-0.2, 0) is 6.54 Å². The van der Waals surface area contributed by atoms with Gasteiger partial charge in [0.2, 0.25) is 5.91 Å². The van der Waals surface area contributed by atoms with E-state index in [2.05, 4.69) is 36.4 Å². The van der Waals surface area contributed by atoms with Gasteiger partial charge in [-0.05, 0) is 43.4 Å². The topological polar surface area (TPSA) is 79.5 Å². The maximum atomic E-state index is 11.0. The Hall–Kier alpha value is -1.31. The lowest BCUT2D eigenvalue weighted by molar-refractivity contribution is 0.100. The van der Waals surface area contributed by atoms with Crippen LogP contribution < -0.4 is 16.4 Å². The number of aliphatic imine (C=N–C) groups is 1.